The van der Waals surface area contributed by atoms with Crippen LogP contribution in [0, 0.1) is 17.8 Å². The average molecular weight is 200 g/mol. The maximum atomic E-state index is 10.3. The van der Waals surface area contributed by atoms with E-state index in [0.717, 1.165) is 23.5 Å². The van der Waals surface area contributed by atoms with Crippen molar-refractivity contribution in [2.75, 3.05) is 11.5 Å². The van der Waals surface area contributed by atoms with E-state index >= 15 is 0 Å². The molecule has 0 spiro atoms. The van der Waals surface area contributed by atoms with Crippen LogP contribution in [0.25, 0.3) is 0 Å². The van der Waals surface area contributed by atoms with Crippen molar-refractivity contribution >= 4 is 17.7 Å². The van der Waals surface area contributed by atoms with E-state index in [0.29, 0.717) is 0 Å². The lowest BCUT2D eigenvalue weighted by Crippen LogP contribution is -2.14. The number of aliphatic carboxylic acids is 1. The third-order valence-corrected chi connectivity index (χ3v) is 4.56. The fraction of sp³-hybridized carbons (Fsp3) is 0.900. The number of fused-ring (bicyclic) bond motifs is 2. The van der Waals surface area contributed by atoms with Gasteiger partial charge in [0.15, 0.2) is 0 Å². The molecule has 1 N–H and O–H groups in total. The SMILES string of the molecule is O=C(O)CSCC1CC2CCC1C2. The second kappa shape index (κ2) is 3.91. The second-order valence-electron chi connectivity index (χ2n) is 4.34. The Morgan fingerprint density at radius 3 is 2.77 bits per heavy atom. The topological polar surface area (TPSA) is 37.3 Å². The fourth-order valence-corrected chi connectivity index (χ4v) is 3.88. The molecule has 2 bridgehead atoms. The number of rotatable bonds is 4. The minimum absolute atomic E-state index is 0.286. The molecule has 0 saturated heterocycles. The molecule has 0 heterocycles. The standard InChI is InChI=1S/C10H16O2S/c11-10(12)6-13-5-9-4-7-1-2-8(9)3-7/h7-9H,1-6H2,(H,11,12). The first-order valence-corrected chi connectivity index (χ1v) is 6.20. The lowest BCUT2D eigenvalue weighted by molar-refractivity contribution is -0.133. The van der Waals surface area contributed by atoms with Crippen molar-refractivity contribution in [3.63, 3.8) is 0 Å². The monoisotopic (exact) mass is 200 g/mol. The third-order valence-electron chi connectivity index (χ3n) is 3.44. The van der Waals surface area contributed by atoms with Crippen molar-refractivity contribution < 1.29 is 9.90 Å². The summed E-state index contributed by atoms with van der Waals surface area (Å²) in [5.74, 6) is 3.45. The van der Waals surface area contributed by atoms with Crippen LogP contribution in [-0.2, 0) is 4.79 Å². The summed E-state index contributed by atoms with van der Waals surface area (Å²) < 4.78 is 0. The Bertz CT molecular complexity index is 205. The van der Waals surface area contributed by atoms with Crippen LogP contribution in [0.4, 0.5) is 0 Å². The van der Waals surface area contributed by atoms with Gasteiger partial charge < -0.3 is 5.11 Å². The molecule has 2 aliphatic rings. The molecule has 2 rings (SSSR count). The minimum Gasteiger partial charge on any atom is -0.481 e. The van der Waals surface area contributed by atoms with Crippen molar-refractivity contribution in [3.05, 3.63) is 0 Å². The molecule has 2 nitrogen and oxygen atoms in total. The van der Waals surface area contributed by atoms with Crippen molar-refractivity contribution in [1.29, 1.82) is 0 Å². The van der Waals surface area contributed by atoms with Crippen LogP contribution < -0.4 is 0 Å². The van der Waals surface area contributed by atoms with Gasteiger partial charge in [-0.05, 0) is 42.8 Å². The van der Waals surface area contributed by atoms with Gasteiger partial charge in [-0.1, -0.05) is 6.42 Å². The van der Waals surface area contributed by atoms with Gasteiger partial charge in [-0.25, -0.2) is 0 Å². The molecule has 3 heteroatoms. The van der Waals surface area contributed by atoms with E-state index in [1.165, 1.54) is 25.7 Å². The zero-order valence-corrected chi connectivity index (χ0v) is 8.55. The molecule has 0 aliphatic heterocycles. The number of thioether (sulfide) groups is 1. The Morgan fingerprint density at radius 2 is 2.23 bits per heavy atom. The average Bonchev–Trinajstić information content (AvgIpc) is 2.64. The number of carboxylic acid groups (broad SMARTS) is 1. The maximum Gasteiger partial charge on any atom is 0.313 e. The molecule has 0 amide bonds. The first kappa shape index (κ1) is 9.38. The molecule has 13 heavy (non-hydrogen) atoms. The lowest BCUT2D eigenvalue weighted by Gasteiger charge is -2.20. The van der Waals surface area contributed by atoms with Gasteiger partial charge in [0.2, 0.25) is 0 Å². The molecule has 3 atom stereocenters. The van der Waals surface area contributed by atoms with Crippen molar-refractivity contribution in [2.24, 2.45) is 17.8 Å². The van der Waals surface area contributed by atoms with Gasteiger partial charge in [0.05, 0.1) is 5.75 Å². The van der Waals surface area contributed by atoms with Gasteiger partial charge in [0.25, 0.3) is 0 Å². The van der Waals surface area contributed by atoms with E-state index in [1.807, 2.05) is 0 Å². The molecule has 2 saturated carbocycles. The van der Waals surface area contributed by atoms with Crippen LogP contribution in [0.3, 0.4) is 0 Å². The van der Waals surface area contributed by atoms with Crippen LogP contribution in [0.2, 0.25) is 0 Å². The minimum atomic E-state index is -0.673. The lowest BCUT2D eigenvalue weighted by atomic mass is 9.90. The van der Waals surface area contributed by atoms with Gasteiger partial charge in [-0.3, -0.25) is 4.79 Å². The summed E-state index contributed by atoms with van der Waals surface area (Å²) in [7, 11) is 0. The van der Waals surface area contributed by atoms with Crippen LogP contribution in [-0.4, -0.2) is 22.6 Å². The molecule has 3 unspecified atom stereocenters. The summed E-state index contributed by atoms with van der Waals surface area (Å²) in [6.07, 6.45) is 5.64. The second-order valence-corrected chi connectivity index (χ2v) is 5.37. The number of hydrogen-bond acceptors (Lipinski definition) is 2. The van der Waals surface area contributed by atoms with Gasteiger partial charge >= 0.3 is 5.97 Å². The molecular weight excluding hydrogens is 184 g/mol. The van der Waals surface area contributed by atoms with E-state index in [4.69, 9.17) is 5.11 Å². The quantitative estimate of drug-likeness (QED) is 0.756. The molecule has 74 valence electrons. The number of hydrogen-bond donors (Lipinski definition) is 1. The fourth-order valence-electron chi connectivity index (χ4n) is 2.88. The molecule has 2 fully saturated rings. The summed E-state index contributed by atoms with van der Waals surface area (Å²) in [4.78, 5) is 10.3. The van der Waals surface area contributed by atoms with Crippen LogP contribution in [0.5, 0.6) is 0 Å². The van der Waals surface area contributed by atoms with Crippen molar-refractivity contribution in [2.45, 2.75) is 25.7 Å². The molecule has 0 radical (unpaired) electrons. The zero-order valence-electron chi connectivity index (χ0n) is 7.74. The molecule has 0 aromatic heterocycles. The highest BCUT2D eigenvalue weighted by molar-refractivity contribution is 7.99. The smallest absolute Gasteiger partial charge is 0.313 e. The highest BCUT2D eigenvalue weighted by Crippen LogP contribution is 2.49. The highest BCUT2D eigenvalue weighted by atomic mass is 32.2. The van der Waals surface area contributed by atoms with Crippen molar-refractivity contribution in [3.8, 4) is 0 Å². The first-order valence-electron chi connectivity index (χ1n) is 5.05. The van der Waals surface area contributed by atoms with E-state index in [1.54, 1.807) is 11.8 Å². The Hall–Kier alpha value is -0.180. The normalized spacial score (nSPS) is 36.8. The Morgan fingerprint density at radius 1 is 1.38 bits per heavy atom. The van der Waals surface area contributed by atoms with Gasteiger partial charge in [-0.15, -0.1) is 11.8 Å². The van der Waals surface area contributed by atoms with E-state index < -0.39 is 5.97 Å². The van der Waals surface area contributed by atoms with E-state index in [2.05, 4.69) is 0 Å². The summed E-state index contributed by atoms with van der Waals surface area (Å²) >= 11 is 1.60. The first-order chi connectivity index (χ1) is 6.25. The van der Waals surface area contributed by atoms with Gasteiger partial charge in [0, 0.05) is 0 Å². The third kappa shape index (κ3) is 2.19. The molecule has 0 aromatic rings. The summed E-state index contributed by atoms with van der Waals surface area (Å²) in [5, 5.41) is 8.50. The van der Waals surface area contributed by atoms with Gasteiger partial charge in [-0.2, -0.15) is 0 Å². The Kier molecular flexibility index (Phi) is 2.82. The number of carboxylic acids is 1. The number of carbonyl (C=O) groups is 1. The van der Waals surface area contributed by atoms with Crippen LogP contribution in [0.1, 0.15) is 25.7 Å². The summed E-state index contributed by atoms with van der Waals surface area (Å²) in [5.41, 5.74) is 0. The largest absolute Gasteiger partial charge is 0.481 e. The van der Waals surface area contributed by atoms with Crippen LogP contribution in [0.15, 0.2) is 0 Å². The van der Waals surface area contributed by atoms with E-state index in [-0.39, 0.29) is 5.75 Å². The summed E-state index contributed by atoms with van der Waals surface area (Å²) in [6.45, 7) is 0. The summed E-state index contributed by atoms with van der Waals surface area (Å²) in [6, 6.07) is 0. The highest BCUT2D eigenvalue weighted by Gasteiger charge is 2.38. The Labute approximate surface area is 83.1 Å². The van der Waals surface area contributed by atoms with Gasteiger partial charge in [0.1, 0.15) is 0 Å². The maximum absolute atomic E-state index is 10.3. The molecule has 0 aromatic carbocycles. The predicted octanol–water partition coefficient (Wildman–Crippen LogP) is 2.24. The Balaban J connectivity index is 1.68. The molecule has 2 aliphatic carbocycles. The van der Waals surface area contributed by atoms with E-state index in [9.17, 15) is 4.79 Å². The zero-order chi connectivity index (χ0) is 9.26. The molecular formula is C10H16O2S. The predicted molar refractivity (Wildman–Crippen MR) is 53.9 cm³/mol. The van der Waals surface area contributed by atoms with Crippen LogP contribution >= 0.6 is 11.8 Å². The van der Waals surface area contributed by atoms with Crippen molar-refractivity contribution in [1.82, 2.24) is 0 Å².